The van der Waals surface area contributed by atoms with E-state index in [1.165, 1.54) is 0 Å². The molecule has 0 heterocycles. The first-order valence-electron chi connectivity index (χ1n) is 4.16. The van der Waals surface area contributed by atoms with Gasteiger partial charge in [0.05, 0.1) is 6.07 Å². The quantitative estimate of drug-likeness (QED) is 0.577. The largest absolute Gasteiger partial charge is 0.253 e. The average molecular weight is 170 g/mol. The van der Waals surface area contributed by atoms with Gasteiger partial charge in [0.1, 0.15) is 7.85 Å². The smallest absolute Gasteiger partial charge is 0.123 e. The standard InChI is InChI=1S/C11H8BF/c12-11(13)10-6-5-8-3-1-2-4-9(8)7-10/h1-7,11H. The number of fused-ring (bicyclic) bond motifs is 1. The second-order valence-corrected chi connectivity index (χ2v) is 3.01. The third kappa shape index (κ3) is 1.57. The van der Waals surface area contributed by atoms with Gasteiger partial charge in [-0.15, -0.1) is 0 Å². The Hall–Kier alpha value is -1.31. The van der Waals surface area contributed by atoms with Crippen LogP contribution in [-0.4, -0.2) is 7.85 Å². The van der Waals surface area contributed by atoms with Gasteiger partial charge in [0.2, 0.25) is 0 Å². The van der Waals surface area contributed by atoms with Crippen LogP contribution in [0.3, 0.4) is 0 Å². The van der Waals surface area contributed by atoms with Crippen LogP contribution in [0.1, 0.15) is 11.6 Å². The molecule has 0 aliphatic heterocycles. The molecule has 0 fully saturated rings. The van der Waals surface area contributed by atoms with Gasteiger partial charge in [0, 0.05) is 0 Å². The van der Waals surface area contributed by atoms with E-state index < -0.39 is 6.07 Å². The number of hydrogen-bond acceptors (Lipinski definition) is 0. The molecule has 0 saturated heterocycles. The Morgan fingerprint density at radius 1 is 1.00 bits per heavy atom. The molecule has 0 N–H and O–H groups in total. The van der Waals surface area contributed by atoms with Crippen LogP contribution in [0, 0.1) is 0 Å². The first-order chi connectivity index (χ1) is 6.27. The number of halogens is 1. The number of benzene rings is 2. The van der Waals surface area contributed by atoms with E-state index in [9.17, 15) is 4.39 Å². The van der Waals surface area contributed by atoms with Crippen LogP contribution in [0.25, 0.3) is 10.8 Å². The maximum absolute atomic E-state index is 12.7. The molecule has 0 bridgehead atoms. The summed E-state index contributed by atoms with van der Waals surface area (Å²) in [5.41, 5.74) is 0.527. The van der Waals surface area contributed by atoms with Crippen LogP contribution in [0.4, 0.5) is 4.39 Å². The van der Waals surface area contributed by atoms with Crippen LogP contribution in [0.5, 0.6) is 0 Å². The first kappa shape index (κ1) is 8.30. The lowest BCUT2D eigenvalue weighted by atomic mass is 9.92. The van der Waals surface area contributed by atoms with Crippen LogP contribution < -0.4 is 0 Å². The van der Waals surface area contributed by atoms with E-state index in [2.05, 4.69) is 0 Å². The summed E-state index contributed by atoms with van der Waals surface area (Å²) in [5.74, 6) is 0. The van der Waals surface area contributed by atoms with E-state index in [1.54, 1.807) is 12.1 Å². The minimum Gasteiger partial charge on any atom is -0.253 e. The van der Waals surface area contributed by atoms with Crippen molar-refractivity contribution in [3.8, 4) is 0 Å². The van der Waals surface area contributed by atoms with Crippen molar-refractivity contribution in [2.75, 3.05) is 0 Å². The molecular weight excluding hydrogens is 162 g/mol. The van der Waals surface area contributed by atoms with Gasteiger partial charge in [0.15, 0.2) is 0 Å². The predicted molar refractivity (Wildman–Crippen MR) is 53.6 cm³/mol. The summed E-state index contributed by atoms with van der Waals surface area (Å²) in [5, 5.41) is 2.13. The molecule has 2 heteroatoms. The molecule has 0 saturated carbocycles. The third-order valence-corrected chi connectivity index (χ3v) is 2.09. The normalized spacial score (nSPS) is 13.0. The zero-order valence-electron chi connectivity index (χ0n) is 7.07. The first-order valence-corrected chi connectivity index (χ1v) is 4.16. The van der Waals surface area contributed by atoms with Gasteiger partial charge in [-0.05, 0) is 22.4 Å². The second-order valence-electron chi connectivity index (χ2n) is 3.01. The highest BCUT2D eigenvalue weighted by Crippen LogP contribution is 2.20. The molecule has 0 spiro atoms. The van der Waals surface area contributed by atoms with Gasteiger partial charge in [-0.25, -0.2) is 0 Å². The van der Waals surface area contributed by atoms with Gasteiger partial charge in [-0.3, -0.25) is 4.39 Å². The minimum atomic E-state index is -1.38. The highest BCUT2D eigenvalue weighted by atomic mass is 19.1. The Kier molecular flexibility index (Phi) is 2.05. The lowest BCUT2D eigenvalue weighted by Crippen LogP contribution is -1.89. The van der Waals surface area contributed by atoms with Gasteiger partial charge in [-0.1, -0.05) is 36.4 Å². The van der Waals surface area contributed by atoms with Crippen molar-refractivity contribution in [3.05, 3.63) is 48.0 Å². The summed E-state index contributed by atoms with van der Waals surface area (Å²) in [4.78, 5) is 0. The van der Waals surface area contributed by atoms with Gasteiger partial charge >= 0.3 is 0 Å². The van der Waals surface area contributed by atoms with E-state index in [0.29, 0.717) is 5.56 Å². The van der Waals surface area contributed by atoms with Crippen molar-refractivity contribution >= 4 is 18.6 Å². The maximum atomic E-state index is 12.7. The van der Waals surface area contributed by atoms with Crippen LogP contribution in [-0.2, 0) is 0 Å². The zero-order valence-corrected chi connectivity index (χ0v) is 7.07. The molecule has 0 amide bonds. The Labute approximate surface area is 77.8 Å². The van der Waals surface area contributed by atoms with Crippen molar-refractivity contribution in [1.82, 2.24) is 0 Å². The summed E-state index contributed by atoms with van der Waals surface area (Å²) in [7, 11) is 5.14. The Morgan fingerprint density at radius 3 is 2.38 bits per heavy atom. The minimum absolute atomic E-state index is 0.527. The van der Waals surface area contributed by atoms with Crippen molar-refractivity contribution in [2.24, 2.45) is 0 Å². The topological polar surface area (TPSA) is 0 Å². The molecule has 2 radical (unpaired) electrons. The van der Waals surface area contributed by atoms with Crippen molar-refractivity contribution in [2.45, 2.75) is 6.07 Å². The zero-order chi connectivity index (χ0) is 9.26. The Morgan fingerprint density at radius 2 is 1.69 bits per heavy atom. The molecule has 1 unspecified atom stereocenters. The number of alkyl halides is 1. The van der Waals surface area contributed by atoms with Crippen LogP contribution in [0.2, 0.25) is 0 Å². The molecule has 0 aliphatic carbocycles. The molecule has 2 rings (SSSR count). The van der Waals surface area contributed by atoms with Gasteiger partial charge in [-0.2, -0.15) is 0 Å². The fourth-order valence-electron chi connectivity index (χ4n) is 1.38. The van der Waals surface area contributed by atoms with Crippen molar-refractivity contribution in [3.63, 3.8) is 0 Å². The molecule has 2 aromatic carbocycles. The molecule has 2 aromatic rings. The SMILES string of the molecule is [B]C(F)c1ccc2ccccc2c1. The van der Waals surface area contributed by atoms with Gasteiger partial charge in [0.25, 0.3) is 0 Å². The molecule has 1 atom stereocenters. The summed E-state index contributed by atoms with van der Waals surface area (Å²) in [6.45, 7) is 0. The highest BCUT2D eigenvalue weighted by Gasteiger charge is 2.02. The van der Waals surface area contributed by atoms with E-state index in [4.69, 9.17) is 7.85 Å². The molecule has 13 heavy (non-hydrogen) atoms. The van der Waals surface area contributed by atoms with E-state index in [1.807, 2.05) is 30.3 Å². The summed E-state index contributed by atoms with van der Waals surface area (Å²) in [6, 6.07) is 13.2. The van der Waals surface area contributed by atoms with E-state index in [0.717, 1.165) is 10.8 Å². The van der Waals surface area contributed by atoms with Gasteiger partial charge < -0.3 is 0 Å². The fraction of sp³-hybridized carbons (Fsp3) is 0.0909. The number of rotatable bonds is 1. The van der Waals surface area contributed by atoms with Crippen LogP contribution >= 0.6 is 0 Å². The van der Waals surface area contributed by atoms with Crippen molar-refractivity contribution in [1.29, 1.82) is 0 Å². The lowest BCUT2D eigenvalue weighted by molar-refractivity contribution is 0.460. The summed E-state index contributed by atoms with van der Waals surface area (Å²) < 4.78 is 12.7. The Bertz CT molecular complexity index is 423. The molecular formula is C11H8BF. The third-order valence-electron chi connectivity index (χ3n) is 2.09. The maximum Gasteiger partial charge on any atom is 0.123 e. The number of hydrogen-bond donors (Lipinski definition) is 0. The van der Waals surface area contributed by atoms with Crippen LogP contribution in [0.15, 0.2) is 42.5 Å². The lowest BCUT2D eigenvalue weighted by Gasteiger charge is -2.03. The second kappa shape index (κ2) is 3.21. The fourth-order valence-corrected chi connectivity index (χ4v) is 1.38. The monoisotopic (exact) mass is 170 g/mol. The molecule has 0 aromatic heterocycles. The van der Waals surface area contributed by atoms with E-state index >= 15 is 0 Å². The molecule has 0 aliphatic rings. The Balaban J connectivity index is 2.62. The summed E-state index contributed by atoms with van der Waals surface area (Å²) in [6.07, 6.45) is -1.38. The average Bonchev–Trinajstić information content (AvgIpc) is 2.17. The summed E-state index contributed by atoms with van der Waals surface area (Å²) >= 11 is 0. The van der Waals surface area contributed by atoms with E-state index in [-0.39, 0.29) is 0 Å². The highest BCUT2D eigenvalue weighted by molar-refractivity contribution is 6.11. The molecule has 0 nitrogen and oxygen atoms in total. The predicted octanol–water partition coefficient (Wildman–Crippen LogP) is 2.98. The molecule has 62 valence electrons. The van der Waals surface area contributed by atoms with Crippen molar-refractivity contribution < 1.29 is 4.39 Å².